The van der Waals surface area contributed by atoms with Crippen LogP contribution in [0.4, 0.5) is 5.69 Å². The van der Waals surface area contributed by atoms with E-state index in [0.717, 1.165) is 6.42 Å². The lowest BCUT2D eigenvalue weighted by atomic mass is 9.99. The fourth-order valence-electron chi connectivity index (χ4n) is 1.67. The van der Waals surface area contributed by atoms with Crippen molar-refractivity contribution in [2.24, 2.45) is 11.7 Å². The average Bonchev–Trinajstić information content (AvgIpc) is 2.38. The number of amides is 1. The van der Waals surface area contributed by atoms with Crippen molar-refractivity contribution in [3.63, 3.8) is 0 Å². The Morgan fingerprint density at radius 3 is 2.53 bits per heavy atom. The third kappa shape index (κ3) is 3.79. The van der Waals surface area contributed by atoms with E-state index in [0.29, 0.717) is 11.3 Å². The Balaban J connectivity index is 2.83. The van der Waals surface area contributed by atoms with Gasteiger partial charge in [-0.05, 0) is 36.6 Å². The first-order chi connectivity index (χ1) is 8.86. The van der Waals surface area contributed by atoms with Gasteiger partial charge in [0.25, 0.3) is 0 Å². The van der Waals surface area contributed by atoms with Crippen LogP contribution in [-0.2, 0) is 4.79 Å². The maximum absolute atomic E-state index is 11.9. The molecule has 104 valence electrons. The Labute approximate surface area is 112 Å². The van der Waals surface area contributed by atoms with Gasteiger partial charge in [0, 0.05) is 5.69 Å². The van der Waals surface area contributed by atoms with E-state index in [2.05, 4.69) is 5.32 Å². The summed E-state index contributed by atoms with van der Waals surface area (Å²) in [6.07, 6.45) is 0.825. The van der Waals surface area contributed by atoms with E-state index in [1.54, 1.807) is 13.0 Å². The monoisotopic (exact) mass is 264 g/mol. The molecule has 2 atom stereocenters. The van der Waals surface area contributed by atoms with Gasteiger partial charge < -0.3 is 16.2 Å². The molecule has 19 heavy (non-hydrogen) atoms. The van der Waals surface area contributed by atoms with Crippen molar-refractivity contribution >= 4 is 17.6 Å². The molecule has 4 N–H and O–H groups in total. The molecule has 0 saturated heterocycles. The molecule has 0 heterocycles. The molecule has 0 unspecified atom stereocenters. The average molecular weight is 264 g/mol. The summed E-state index contributed by atoms with van der Waals surface area (Å²) < 4.78 is 0. The van der Waals surface area contributed by atoms with Crippen molar-refractivity contribution in [3.05, 3.63) is 29.3 Å². The molecule has 0 spiro atoms. The zero-order valence-electron chi connectivity index (χ0n) is 11.4. The van der Waals surface area contributed by atoms with E-state index in [1.807, 2.05) is 13.8 Å². The van der Waals surface area contributed by atoms with Crippen LogP contribution in [0.15, 0.2) is 18.2 Å². The summed E-state index contributed by atoms with van der Waals surface area (Å²) in [5.74, 6) is -1.14. The third-order valence-corrected chi connectivity index (χ3v) is 3.29. The maximum Gasteiger partial charge on any atom is 0.335 e. The number of hydrogen-bond acceptors (Lipinski definition) is 3. The van der Waals surface area contributed by atoms with Crippen molar-refractivity contribution in [1.82, 2.24) is 0 Å². The molecule has 0 radical (unpaired) electrons. The molecule has 0 bridgehead atoms. The molecular formula is C14H20N2O3. The van der Waals surface area contributed by atoms with Crippen LogP contribution < -0.4 is 11.1 Å². The fraction of sp³-hybridized carbons (Fsp3) is 0.429. The molecule has 0 saturated carbocycles. The van der Waals surface area contributed by atoms with Crippen LogP contribution >= 0.6 is 0 Å². The van der Waals surface area contributed by atoms with Crippen LogP contribution in [0, 0.1) is 12.8 Å². The molecule has 0 aliphatic rings. The Bertz CT molecular complexity index is 486. The first-order valence-electron chi connectivity index (χ1n) is 6.27. The zero-order chi connectivity index (χ0) is 14.6. The number of aryl methyl sites for hydroxylation is 1. The van der Waals surface area contributed by atoms with Crippen LogP contribution in [-0.4, -0.2) is 23.0 Å². The predicted molar refractivity (Wildman–Crippen MR) is 74.2 cm³/mol. The standard InChI is InChI=1S/C14H20N2O3/c1-4-8(2)12(15)13(17)16-11-6-5-10(14(18)19)7-9(11)3/h5-8,12H,4,15H2,1-3H3,(H,16,17)(H,18,19)/t8-,12-/m0/s1. The number of hydrogen-bond donors (Lipinski definition) is 3. The normalized spacial score (nSPS) is 13.7. The number of anilines is 1. The SMILES string of the molecule is CC[C@H](C)[C@H](N)C(=O)Nc1ccc(C(=O)O)cc1C. The Kier molecular flexibility index (Phi) is 5.06. The van der Waals surface area contributed by atoms with Gasteiger partial charge in [-0.2, -0.15) is 0 Å². The van der Waals surface area contributed by atoms with Crippen molar-refractivity contribution in [2.45, 2.75) is 33.2 Å². The number of nitrogens with two attached hydrogens (primary N) is 1. The zero-order valence-corrected chi connectivity index (χ0v) is 11.4. The number of aromatic carboxylic acids is 1. The molecular weight excluding hydrogens is 244 g/mol. The van der Waals surface area contributed by atoms with Crippen LogP contribution in [0.5, 0.6) is 0 Å². The van der Waals surface area contributed by atoms with Crippen molar-refractivity contribution in [1.29, 1.82) is 0 Å². The van der Waals surface area contributed by atoms with Gasteiger partial charge in [-0.1, -0.05) is 20.3 Å². The number of carboxylic acids is 1. The molecule has 1 amide bonds. The number of rotatable bonds is 5. The van der Waals surface area contributed by atoms with E-state index in [9.17, 15) is 9.59 Å². The van der Waals surface area contributed by atoms with E-state index in [1.165, 1.54) is 12.1 Å². The highest BCUT2D eigenvalue weighted by atomic mass is 16.4. The van der Waals surface area contributed by atoms with Gasteiger partial charge in [-0.25, -0.2) is 4.79 Å². The van der Waals surface area contributed by atoms with Gasteiger partial charge in [-0.3, -0.25) is 4.79 Å². The fourth-order valence-corrected chi connectivity index (χ4v) is 1.67. The molecule has 1 aromatic carbocycles. The minimum absolute atomic E-state index is 0.0959. The van der Waals surface area contributed by atoms with E-state index >= 15 is 0 Å². The lowest BCUT2D eigenvalue weighted by molar-refractivity contribution is -0.118. The highest BCUT2D eigenvalue weighted by molar-refractivity contribution is 5.96. The summed E-state index contributed by atoms with van der Waals surface area (Å²) in [6, 6.07) is 4.00. The third-order valence-electron chi connectivity index (χ3n) is 3.29. The summed E-state index contributed by atoms with van der Waals surface area (Å²) in [4.78, 5) is 22.7. The molecule has 0 fully saturated rings. The topological polar surface area (TPSA) is 92.4 Å². The molecule has 1 aromatic rings. The van der Waals surface area contributed by atoms with Gasteiger partial charge in [0.15, 0.2) is 0 Å². The Morgan fingerprint density at radius 2 is 2.05 bits per heavy atom. The molecule has 0 aliphatic carbocycles. The second kappa shape index (κ2) is 6.33. The Morgan fingerprint density at radius 1 is 1.42 bits per heavy atom. The minimum atomic E-state index is -0.989. The molecule has 1 rings (SSSR count). The number of nitrogens with one attached hydrogen (secondary N) is 1. The van der Waals surface area contributed by atoms with Gasteiger partial charge in [-0.15, -0.1) is 0 Å². The van der Waals surface area contributed by atoms with Gasteiger partial charge in [0.2, 0.25) is 5.91 Å². The summed E-state index contributed by atoms with van der Waals surface area (Å²) >= 11 is 0. The second-order valence-electron chi connectivity index (χ2n) is 4.74. The minimum Gasteiger partial charge on any atom is -0.478 e. The first-order valence-corrected chi connectivity index (χ1v) is 6.27. The predicted octanol–water partition coefficient (Wildman–Crippen LogP) is 2.01. The van der Waals surface area contributed by atoms with Crippen LogP contribution in [0.2, 0.25) is 0 Å². The highest BCUT2D eigenvalue weighted by Crippen LogP contribution is 2.17. The smallest absolute Gasteiger partial charge is 0.335 e. The second-order valence-corrected chi connectivity index (χ2v) is 4.74. The lowest BCUT2D eigenvalue weighted by Gasteiger charge is -2.18. The van der Waals surface area contributed by atoms with Gasteiger partial charge in [0.05, 0.1) is 11.6 Å². The van der Waals surface area contributed by atoms with E-state index in [-0.39, 0.29) is 17.4 Å². The first kappa shape index (κ1) is 15.2. The van der Waals surface area contributed by atoms with Crippen molar-refractivity contribution < 1.29 is 14.7 Å². The maximum atomic E-state index is 11.9. The number of carboxylic acid groups (broad SMARTS) is 1. The molecule has 0 aromatic heterocycles. The van der Waals surface area contributed by atoms with Gasteiger partial charge >= 0.3 is 5.97 Å². The number of carbonyl (C=O) groups excluding carboxylic acids is 1. The quantitative estimate of drug-likeness (QED) is 0.758. The van der Waals surface area contributed by atoms with Crippen molar-refractivity contribution in [3.8, 4) is 0 Å². The Hall–Kier alpha value is -1.88. The molecule has 5 heteroatoms. The van der Waals surface area contributed by atoms with Crippen LogP contribution in [0.25, 0.3) is 0 Å². The molecule has 0 aliphatic heterocycles. The number of benzene rings is 1. The van der Waals surface area contributed by atoms with Crippen molar-refractivity contribution in [2.75, 3.05) is 5.32 Å². The molecule has 5 nitrogen and oxygen atoms in total. The number of carbonyl (C=O) groups is 2. The summed E-state index contributed by atoms with van der Waals surface area (Å²) in [7, 11) is 0. The summed E-state index contributed by atoms with van der Waals surface area (Å²) in [5, 5.41) is 11.6. The van der Waals surface area contributed by atoms with E-state index < -0.39 is 12.0 Å². The highest BCUT2D eigenvalue weighted by Gasteiger charge is 2.20. The lowest BCUT2D eigenvalue weighted by Crippen LogP contribution is -2.40. The largest absolute Gasteiger partial charge is 0.478 e. The van der Waals surface area contributed by atoms with Gasteiger partial charge in [0.1, 0.15) is 0 Å². The van der Waals surface area contributed by atoms with E-state index in [4.69, 9.17) is 10.8 Å². The van der Waals surface area contributed by atoms with Crippen LogP contribution in [0.3, 0.4) is 0 Å². The summed E-state index contributed by atoms with van der Waals surface area (Å²) in [5.41, 5.74) is 7.33. The van der Waals surface area contributed by atoms with Crippen LogP contribution in [0.1, 0.15) is 36.2 Å². The summed E-state index contributed by atoms with van der Waals surface area (Å²) in [6.45, 7) is 5.65.